The zero-order chi connectivity index (χ0) is 15.0. The minimum atomic E-state index is -0.236. The van der Waals surface area contributed by atoms with Gasteiger partial charge in [-0.15, -0.1) is 10.2 Å². The number of benzene rings is 1. The van der Waals surface area contributed by atoms with Gasteiger partial charge in [0.05, 0.1) is 16.9 Å². The fourth-order valence-corrected chi connectivity index (χ4v) is 2.18. The predicted octanol–water partition coefficient (Wildman–Crippen LogP) is 0.807. The molecule has 1 aromatic carbocycles. The molecule has 0 aliphatic rings. The molecular weight excluding hydrogens is 270 g/mol. The Morgan fingerprint density at radius 1 is 1.43 bits per heavy atom. The minimum Gasteiger partial charge on any atom is -0.399 e. The van der Waals surface area contributed by atoms with Gasteiger partial charge in [-0.2, -0.15) is 0 Å². The third kappa shape index (κ3) is 2.42. The van der Waals surface area contributed by atoms with Crippen LogP contribution in [0.15, 0.2) is 29.3 Å². The lowest BCUT2D eigenvalue weighted by atomic mass is 10.2. The van der Waals surface area contributed by atoms with Crippen molar-refractivity contribution >= 4 is 22.5 Å². The van der Waals surface area contributed by atoms with E-state index in [1.807, 2.05) is 14.0 Å². The van der Waals surface area contributed by atoms with Crippen LogP contribution in [0.25, 0.3) is 10.9 Å². The third-order valence-electron chi connectivity index (χ3n) is 3.22. The summed E-state index contributed by atoms with van der Waals surface area (Å²) in [5.74, 6) is 1.13. The number of nitrogen functional groups attached to an aromatic ring is 1. The largest absolute Gasteiger partial charge is 0.399 e. The Bertz CT molecular complexity index is 851. The molecule has 8 heteroatoms. The fraction of sp³-hybridized carbons (Fsp3) is 0.231. The van der Waals surface area contributed by atoms with E-state index < -0.39 is 0 Å². The molecule has 0 saturated heterocycles. The summed E-state index contributed by atoms with van der Waals surface area (Å²) in [6.07, 6.45) is 1.62. The highest BCUT2D eigenvalue weighted by Crippen LogP contribution is 2.16. The summed E-state index contributed by atoms with van der Waals surface area (Å²) in [6.45, 7) is 1.91. The summed E-state index contributed by atoms with van der Waals surface area (Å²) in [5.41, 5.74) is 6.56. The number of nitrogens with zero attached hydrogens (tertiary/aromatic N) is 4. The normalized spacial score (nSPS) is 12.5. The number of rotatable bonds is 3. The summed E-state index contributed by atoms with van der Waals surface area (Å²) in [6, 6.07) is 4.90. The van der Waals surface area contributed by atoms with Crippen LogP contribution < -0.4 is 16.6 Å². The quantitative estimate of drug-likeness (QED) is 0.613. The van der Waals surface area contributed by atoms with Crippen molar-refractivity contribution in [3.05, 3.63) is 40.7 Å². The van der Waals surface area contributed by atoms with Crippen molar-refractivity contribution in [3.8, 4) is 0 Å². The molecule has 108 valence electrons. The van der Waals surface area contributed by atoms with Crippen molar-refractivity contribution in [1.82, 2.24) is 24.7 Å². The lowest BCUT2D eigenvalue weighted by molar-refractivity contribution is 0.713. The predicted molar refractivity (Wildman–Crippen MR) is 79.8 cm³/mol. The maximum Gasteiger partial charge on any atom is 0.260 e. The number of nitrogens with one attached hydrogen (secondary N) is 2. The molecule has 21 heavy (non-hydrogen) atoms. The third-order valence-corrected chi connectivity index (χ3v) is 3.22. The Hall–Kier alpha value is -2.90. The van der Waals surface area contributed by atoms with Gasteiger partial charge in [0.1, 0.15) is 6.33 Å². The van der Waals surface area contributed by atoms with Gasteiger partial charge in [0.2, 0.25) is 5.95 Å². The Kier molecular flexibility index (Phi) is 3.05. The molecule has 0 radical (unpaired) electrons. The van der Waals surface area contributed by atoms with Crippen LogP contribution in [0.1, 0.15) is 18.8 Å². The molecule has 0 bridgehead atoms. The second-order valence-electron chi connectivity index (χ2n) is 4.86. The van der Waals surface area contributed by atoms with E-state index >= 15 is 0 Å². The van der Waals surface area contributed by atoms with Crippen LogP contribution in [0, 0.1) is 0 Å². The van der Waals surface area contributed by atoms with Crippen LogP contribution in [-0.2, 0) is 7.05 Å². The highest BCUT2D eigenvalue weighted by atomic mass is 16.1. The number of nitrogens with two attached hydrogens (primary N) is 1. The van der Waals surface area contributed by atoms with Gasteiger partial charge in [-0.1, -0.05) is 0 Å². The monoisotopic (exact) mass is 285 g/mol. The number of H-pyrrole nitrogens is 1. The number of aryl methyl sites for hydroxylation is 1. The zero-order valence-corrected chi connectivity index (χ0v) is 11.7. The standard InChI is InChI=1S/C13H15N7O/c1-7(11-19-15-6-20(11)2)16-13-17-10-4-3-8(14)5-9(10)12(21)18-13/h3-7H,14H2,1-2H3,(H2,16,17,18,21). The Balaban J connectivity index is 1.96. The molecule has 0 aliphatic heterocycles. The number of anilines is 2. The van der Waals surface area contributed by atoms with Crippen LogP contribution in [0.3, 0.4) is 0 Å². The molecule has 0 amide bonds. The Morgan fingerprint density at radius 3 is 2.95 bits per heavy atom. The molecule has 1 atom stereocenters. The highest BCUT2D eigenvalue weighted by molar-refractivity contribution is 5.81. The second-order valence-corrected chi connectivity index (χ2v) is 4.86. The molecular formula is C13H15N7O. The van der Waals surface area contributed by atoms with Crippen molar-refractivity contribution in [2.75, 3.05) is 11.1 Å². The van der Waals surface area contributed by atoms with E-state index in [0.29, 0.717) is 22.5 Å². The SMILES string of the molecule is CC(Nc1nc2ccc(N)cc2c(=O)[nH]1)c1nncn1C. The van der Waals surface area contributed by atoms with Gasteiger partial charge in [-0.25, -0.2) is 4.98 Å². The number of fused-ring (bicyclic) bond motifs is 1. The van der Waals surface area contributed by atoms with E-state index in [1.54, 1.807) is 29.1 Å². The highest BCUT2D eigenvalue weighted by Gasteiger charge is 2.13. The van der Waals surface area contributed by atoms with Crippen LogP contribution >= 0.6 is 0 Å². The van der Waals surface area contributed by atoms with Crippen LogP contribution in [0.2, 0.25) is 0 Å². The van der Waals surface area contributed by atoms with E-state index in [9.17, 15) is 4.79 Å². The first kappa shape index (κ1) is 13.1. The van der Waals surface area contributed by atoms with Gasteiger partial charge in [0, 0.05) is 12.7 Å². The average Bonchev–Trinajstić information content (AvgIpc) is 2.86. The second kappa shape index (κ2) is 4.89. The van der Waals surface area contributed by atoms with Crippen molar-refractivity contribution in [2.45, 2.75) is 13.0 Å². The molecule has 0 spiro atoms. The molecule has 3 rings (SSSR count). The molecule has 2 heterocycles. The van der Waals surface area contributed by atoms with Gasteiger partial charge >= 0.3 is 0 Å². The van der Waals surface area contributed by atoms with Gasteiger partial charge < -0.3 is 15.6 Å². The maximum absolute atomic E-state index is 12.1. The van der Waals surface area contributed by atoms with Crippen molar-refractivity contribution in [1.29, 1.82) is 0 Å². The van der Waals surface area contributed by atoms with E-state index in [-0.39, 0.29) is 11.6 Å². The van der Waals surface area contributed by atoms with Crippen molar-refractivity contribution < 1.29 is 0 Å². The average molecular weight is 285 g/mol. The maximum atomic E-state index is 12.1. The van der Waals surface area contributed by atoms with Crippen LogP contribution in [-0.4, -0.2) is 24.7 Å². The number of hydrogen-bond acceptors (Lipinski definition) is 6. The molecule has 0 aliphatic carbocycles. The molecule has 3 aromatic rings. The molecule has 8 nitrogen and oxygen atoms in total. The zero-order valence-electron chi connectivity index (χ0n) is 11.7. The molecule has 0 saturated carbocycles. The number of aromatic nitrogens is 5. The Labute approximate surface area is 120 Å². The lowest BCUT2D eigenvalue weighted by Crippen LogP contribution is -2.17. The van der Waals surface area contributed by atoms with Gasteiger partial charge in [-0.05, 0) is 25.1 Å². The summed E-state index contributed by atoms with van der Waals surface area (Å²) >= 11 is 0. The lowest BCUT2D eigenvalue weighted by Gasteiger charge is -2.13. The summed E-state index contributed by atoms with van der Waals surface area (Å²) in [5, 5.41) is 11.4. The van der Waals surface area contributed by atoms with E-state index in [4.69, 9.17) is 5.73 Å². The van der Waals surface area contributed by atoms with Gasteiger partial charge in [0.25, 0.3) is 5.56 Å². The smallest absolute Gasteiger partial charge is 0.260 e. The first-order valence-corrected chi connectivity index (χ1v) is 6.44. The van der Waals surface area contributed by atoms with Gasteiger partial charge in [0.15, 0.2) is 5.82 Å². The minimum absolute atomic E-state index is 0.146. The van der Waals surface area contributed by atoms with Gasteiger partial charge in [-0.3, -0.25) is 9.78 Å². The number of hydrogen-bond donors (Lipinski definition) is 3. The molecule has 4 N–H and O–H groups in total. The Morgan fingerprint density at radius 2 is 2.24 bits per heavy atom. The van der Waals surface area contributed by atoms with Crippen LogP contribution in [0.4, 0.5) is 11.6 Å². The first-order valence-electron chi connectivity index (χ1n) is 6.44. The van der Waals surface area contributed by atoms with Crippen molar-refractivity contribution in [2.24, 2.45) is 7.05 Å². The first-order chi connectivity index (χ1) is 10.0. The van der Waals surface area contributed by atoms with Crippen molar-refractivity contribution in [3.63, 3.8) is 0 Å². The van der Waals surface area contributed by atoms with Crippen LogP contribution in [0.5, 0.6) is 0 Å². The van der Waals surface area contributed by atoms with E-state index in [1.165, 1.54) is 0 Å². The summed E-state index contributed by atoms with van der Waals surface area (Å²) in [7, 11) is 1.85. The summed E-state index contributed by atoms with van der Waals surface area (Å²) in [4.78, 5) is 19.1. The molecule has 1 unspecified atom stereocenters. The molecule has 2 aromatic heterocycles. The fourth-order valence-electron chi connectivity index (χ4n) is 2.18. The van der Waals surface area contributed by atoms with E-state index in [0.717, 1.165) is 5.82 Å². The number of aromatic amines is 1. The molecule has 0 fully saturated rings. The summed E-state index contributed by atoms with van der Waals surface area (Å²) < 4.78 is 1.80. The topological polar surface area (TPSA) is 115 Å². The van der Waals surface area contributed by atoms with E-state index in [2.05, 4.69) is 25.5 Å².